The van der Waals surface area contributed by atoms with Gasteiger partial charge in [-0.2, -0.15) is 0 Å². The van der Waals surface area contributed by atoms with E-state index in [0.717, 1.165) is 29.6 Å². The Bertz CT molecular complexity index is 841. The standard InChI is InChI=1S/C28H38N2O/c1-22(21-30-18-9-8-17-27(30)19-23-11-4-2-5-12-23)25-15-10-16-26(20-25)28(29-31)24-13-6-3-7-14-24/h3,6-7,10,13-16,20,22-23,27,31H,2,4-5,8-9,11-12,17-19,21H2,1H3/b29-28-. The summed E-state index contributed by atoms with van der Waals surface area (Å²) in [7, 11) is 0. The number of nitrogens with zero attached hydrogens (tertiary/aromatic N) is 2. The highest BCUT2D eigenvalue weighted by atomic mass is 16.4. The van der Waals surface area contributed by atoms with Crippen LogP contribution in [0.15, 0.2) is 59.8 Å². The van der Waals surface area contributed by atoms with E-state index in [0.29, 0.717) is 11.6 Å². The van der Waals surface area contributed by atoms with Gasteiger partial charge in [0, 0.05) is 23.7 Å². The van der Waals surface area contributed by atoms with Gasteiger partial charge in [-0.15, -0.1) is 0 Å². The van der Waals surface area contributed by atoms with Crippen LogP contribution in [0.1, 0.15) is 87.3 Å². The third kappa shape index (κ3) is 5.77. The Morgan fingerprint density at radius 3 is 2.45 bits per heavy atom. The number of benzene rings is 2. The summed E-state index contributed by atoms with van der Waals surface area (Å²) >= 11 is 0. The Morgan fingerprint density at radius 2 is 1.68 bits per heavy atom. The zero-order valence-electron chi connectivity index (χ0n) is 19.0. The van der Waals surface area contributed by atoms with E-state index < -0.39 is 0 Å². The molecule has 2 aromatic rings. The Kier molecular flexibility index (Phi) is 7.80. The topological polar surface area (TPSA) is 35.8 Å². The van der Waals surface area contributed by atoms with E-state index in [4.69, 9.17) is 0 Å². The highest BCUT2D eigenvalue weighted by molar-refractivity contribution is 6.12. The van der Waals surface area contributed by atoms with Crippen LogP contribution in [-0.2, 0) is 0 Å². The molecule has 2 atom stereocenters. The molecule has 3 nitrogen and oxygen atoms in total. The minimum absolute atomic E-state index is 0.461. The monoisotopic (exact) mass is 418 g/mol. The van der Waals surface area contributed by atoms with Gasteiger partial charge in [-0.1, -0.05) is 99.1 Å². The van der Waals surface area contributed by atoms with Crippen LogP contribution in [0.25, 0.3) is 0 Å². The van der Waals surface area contributed by atoms with Crippen molar-refractivity contribution in [3.63, 3.8) is 0 Å². The van der Waals surface area contributed by atoms with Gasteiger partial charge in [-0.3, -0.25) is 4.90 Å². The molecule has 2 aliphatic rings. The molecule has 1 heterocycles. The second-order valence-electron chi connectivity index (χ2n) is 9.73. The van der Waals surface area contributed by atoms with Crippen LogP contribution in [0.3, 0.4) is 0 Å². The normalized spacial score (nSPS) is 22.4. The first-order chi connectivity index (χ1) is 15.2. The first-order valence-electron chi connectivity index (χ1n) is 12.4. The fraction of sp³-hybridized carbons (Fsp3) is 0.536. The average Bonchev–Trinajstić information content (AvgIpc) is 2.82. The minimum atomic E-state index is 0.461. The highest BCUT2D eigenvalue weighted by Gasteiger charge is 2.27. The van der Waals surface area contributed by atoms with E-state index in [1.807, 2.05) is 36.4 Å². The van der Waals surface area contributed by atoms with Gasteiger partial charge in [0.05, 0.1) is 0 Å². The molecule has 0 bridgehead atoms. The smallest absolute Gasteiger partial charge is 0.117 e. The number of piperidine rings is 1. The summed E-state index contributed by atoms with van der Waals surface area (Å²) in [5.41, 5.74) is 3.90. The number of hydrogen-bond donors (Lipinski definition) is 1. The van der Waals surface area contributed by atoms with E-state index in [9.17, 15) is 5.21 Å². The molecule has 0 radical (unpaired) electrons. The number of likely N-dealkylation sites (tertiary alicyclic amines) is 1. The van der Waals surface area contributed by atoms with Crippen LogP contribution < -0.4 is 0 Å². The van der Waals surface area contributed by atoms with Gasteiger partial charge in [-0.25, -0.2) is 0 Å². The maximum absolute atomic E-state index is 9.69. The molecule has 4 rings (SSSR count). The predicted molar refractivity (Wildman–Crippen MR) is 129 cm³/mol. The van der Waals surface area contributed by atoms with Gasteiger partial charge in [0.1, 0.15) is 5.71 Å². The zero-order chi connectivity index (χ0) is 21.5. The molecular weight excluding hydrogens is 380 g/mol. The second kappa shape index (κ2) is 10.9. The summed E-state index contributed by atoms with van der Waals surface area (Å²) in [5, 5.41) is 13.3. The molecule has 2 fully saturated rings. The lowest BCUT2D eigenvalue weighted by Crippen LogP contribution is -2.42. The first-order valence-corrected chi connectivity index (χ1v) is 12.4. The van der Waals surface area contributed by atoms with Gasteiger partial charge in [0.15, 0.2) is 0 Å². The number of rotatable bonds is 7. The number of hydrogen-bond acceptors (Lipinski definition) is 3. The molecule has 1 aliphatic heterocycles. The van der Waals surface area contributed by atoms with Crippen molar-refractivity contribution in [1.29, 1.82) is 0 Å². The molecule has 0 amide bonds. The quantitative estimate of drug-likeness (QED) is 0.303. The van der Waals surface area contributed by atoms with Crippen molar-refractivity contribution in [1.82, 2.24) is 4.90 Å². The van der Waals surface area contributed by atoms with Crippen LogP contribution in [0.4, 0.5) is 0 Å². The Morgan fingerprint density at radius 1 is 0.935 bits per heavy atom. The van der Waals surface area contributed by atoms with Crippen LogP contribution in [0.5, 0.6) is 0 Å². The molecule has 1 aliphatic carbocycles. The van der Waals surface area contributed by atoms with Crippen molar-refractivity contribution >= 4 is 5.71 Å². The highest BCUT2D eigenvalue weighted by Crippen LogP contribution is 2.33. The summed E-state index contributed by atoms with van der Waals surface area (Å²) in [4.78, 5) is 2.79. The Hall–Kier alpha value is -2.13. The SMILES string of the molecule is CC(CN1CCCCC1CC1CCCCC1)c1cccc(/C(=N\O)c2ccccc2)c1. The van der Waals surface area contributed by atoms with Gasteiger partial charge >= 0.3 is 0 Å². The molecule has 1 saturated heterocycles. The second-order valence-corrected chi connectivity index (χ2v) is 9.73. The van der Waals surface area contributed by atoms with E-state index in [-0.39, 0.29) is 0 Å². The zero-order valence-corrected chi connectivity index (χ0v) is 19.0. The van der Waals surface area contributed by atoms with Crippen LogP contribution in [0.2, 0.25) is 0 Å². The lowest BCUT2D eigenvalue weighted by Gasteiger charge is -2.39. The lowest BCUT2D eigenvalue weighted by atomic mass is 9.82. The molecule has 0 aromatic heterocycles. The summed E-state index contributed by atoms with van der Waals surface area (Å²) in [6.07, 6.45) is 12.7. The molecule has 1 N–H and O–H groups in total. The lowest BCUT2D eigenvalue weighted by molar-refractivity contribution is 0.111. The van der Waals surface area contributed by atoms with E-state index in [1.165, 1.54) is 69.9 Å². The minimum Gasteiger partial charge on any atom is -0.410 e. The molecule has 2 aromatic carbocycles. The third-order valence-electron chi connectivity index (χ3n) is 7.46. The summed E-state index contributed by atoms with van der Waals surface area (Å²) in [6, 6.07) is 19.3. The first kappa shape index (κ1) is 22.1. The maximum atomic E-state index is 9.69. The van der Waals surface area contributed by atoms with Crippen LogP contribution in [-0.4, -0.2) is 35.0 Å². The van der Waals surface area contributed by atoms with Crippen LogP contribution in [0, 0.1) is 5.92 Å². The van der Waals surface area contributed by atoms with Gasteiger partial charge in [-0.05, 0) is 49.3 Å². The van der Waals surface area contributed by atoms with Crippen molar-refractivity contribution in [2.24, 2.45) is 11.1 Å². The van der Waals surface area contributed by atoms with Crippen molar-refractivity contribution in [2.75, 3.05) is 13.1 Å². The molecule has 31 heavy (non-hydrogen) atoms. The van der Waals surface area contributed by atoms with E-state index in [2.05, 4.69) is 35.2 Å². The Balaban J connectivity index is 1.45. The summed E-state index contributed by atoms with van der Waals surface area (Å²) in [5.74, 6) is 1.41. The van der Waals surface area contributed by atoms with E-state index in [1.54, 1.807) is 0 Å². The van der Waals surface area contributed by atoms with Crippen molar-refractivity contribution in [3.05, 3.63) is 71.3 Å². The van der Waals surface area contributed by atoms with Crippen molar-refractivity contribution in [3.8, 4) is 0 Å². The molecule has 2 unspecified atom stereocenters. The summed E-state index contributed by atoms with van der Waals surface area (Å²) in [6.45, 7) is 4.72. The van der Waals surface area contributed by atoms with Crippen molar-refractivity contribution < 1.29 is 5.21 Å². The molecule has 166 valence electrons. The maximum Gasteiger partial charge on any atom is 0.117 e. The molecule has 0 spiro atoms. The van der Waals surface area contributed by atoms with Crippen molar-refractivity contribution in [2.45, 2.75) is 76.7 Å². The fourth-order valence-corrected chi connectivity index (χ4v) is 5.70. The predicted octanol–water partition coefficient (Wildman–Crippen LogP) is 6.84. The third-order valence-corrected chi connectivity index (χ3v) is 7.46. The van der Waals surface area contributed by atoms with Gasteiger partial charge in [0.25, 0.3) is 0 Å². The molecule has 3 heteroatoms. The fourth-order valence-electron chi connectivity index (χ4n) is 5.70. The van der Waals surface area contributed by atoms with Crippen LogP contribution >= 0.6 is 0 Å². The molecule has 1 saturated carbocycles. The van der Waals surface area contributed by atoms with Gasteiger partial charge < -0.3 is 5.21 Å². The van der Waals surface area contributed by atoms with E-state index >= 15 is 0 Å². The average molecular weight is 419 g/mol. The summed E-state index contributed by atoms with van der Waals surface area (Å²) < 4.78 is 0. The number of oxime groups is 1. The van der Waals surface area contributed by atoms with Gasteiger partial charge in [0.2, 0.25) is 0 Å². The molecular formula is C28H38N2O. The largest absolute Gasteiger partial charge is 0.410 e. The Labute approximate surface area is 188 Å².